The molecule has 5 nitrogen and oxygen atoms in total. The number of carbonyl (C=O) groups is 3. The first kappa shape index (κ1) is 14.4. The minimum absolute atomic E-state index is 0.174. The predicted octanol–water partition coefficient (Wildman–Crippen LogP) is 1.05. The summed E-state index contributed by atoms with van der Waals surface area (Å²) in [6.45, 7) is 0.382. The van der Waals surface area contributed by atoms with Gasteiger partial charge >= 0.3 is 0 Å². The van der Waals surface area contributed by atoms with Gasteiger partial charge in [-0.05, 0) is 23.8 Å². The molecule has 2 atom stereocenters. The summed E-state index contributed by atoms with van der Waals surface area (Å²) in [6, 6.07) is 8.98. The van der Waals surface area contributed by atoms with E-state index >= 15 is 0 Å². The molecule has 2 aliphatic rings. The summed E-state index contributed by atoms with van der Waals surface area (Å²) in [4.78, 5) is 37.4. The standard InChI is InChI=1S/C17H15NO4/c1-22-16-15(13-9-12(19)7-8-14(13)20)18(17(16)21)10-11-5-3-2-4-6-11/h2-9,15-16H,10H2,1H3/t15-,16+/m1/s1. The van der Waals surface area contributed by atoms with Crippen LogP contribution in [0.3, 0.4) is 0 Å². The molecule has 0 aromatic heterocycles. The van der Waals surface area contributed by atoms with Crippen molar-refractivity contribution in [1.82, 2.24) is 4.90 Å². The van der Waals surface area contributed by atoms with E-state index in [1.807, 2.05) is 30.3 Å². The van der Waals surface area contributed by atoms with Crippen molar-refractivity contribution in [3.05, 3.63) is 59.7 Å². The zero-order chi connectivity index (χ0) is 15.7. The van der Waals surface area contributed by atoms with Crippen LogP contribution in [0.4, 0.5) is 0 Å². The number of benzene rings is 1. The quantitative estimate of drug-likeness (QED) is 0.615. The molecule has 1 amide bonds. The van der Waals surface area contributed by atoms with Crippen LogP contribution in [-0.4, -0.2) is 41.6 Å². The number of allylic oxidation sites excluding steroid dienone is 3. The van der Waals surface area contributed by atoms with Crippen molar-refractivity contribution in [3.63, 3.8) is 0 Å². The van der Waals surface area contributed by atoms with Crippen LogP contribution in [0.1, 0.15) is 5.56 Å². The van der Waals surface area contributed by atoms with Crippen LogP contribution in [0.2, 0.25) is 0 Å². The Balaban J connectivity index is 1.88. The van der Waals surface area contributed by atoms with Crippen LogP contribution in [0, 0.1) is 0 Å². The molecular weight excluding hydrogens is 282 g/mol. The van der Waals surface area contributed by atoms with E-state index in [0.717, 1.165) is 5.56 Å². The average molecular weight is 297 g/mol. The maximum absolute atomic E-state index is 12.2. The molecule has 1 saturated heterocycles. The fraction of sp³-hybridized carbons (Fsp3) is 0.235. The van der Waals surface area contributed by atoms with E-state index < -0.39 is 12.1 Å². The van der Waals surface area contributed by atoms with Crippen LogP contribution in [0.15, 0.2) is 54.1 Å². The Morgan fingerprint density at radius 3 is 2.50 bits per heavy atom. The normalized spacial score (nSPS) is 24.3. The molecule has 0 spiro atoms. The summed E-state index contributed by atoms with van der Waals surface area (Å²) in [6.07, 6.45) is 3.06. The number of methoxy groups -OCH3 is 1. The maximum atomic E-state index is 12.2. The summed E-state index contributed by atoms with van der Waals surface area (Å²) >= 11 is 0. The zero-order valence-electron chi connectivity index (χ0n) is 12.1. The van der Waals surface area contributed by atoms with Crippen molar-refractivity contribution in [2.75, 3.05) is 7.11 Å². The molecule has 0 radical (unpaired) electrons. The van der Waals surface area contributed by atoms with Crippen molar-refractivity contribution in [2.45, 2.75) is 18.7 Å². The lowest BCUT2D eigenvalue weighted by atomic mass is 9.85. The van der Waals surface area contributed by atoms with Gasteiger partial charge in [0.1, 0.15) is 0 Å². The third-order valence-corrected chi connectivity index (χ3v) is 3.90. The molecule has 1 fully saturated rings. The van der Waals surface area contributed by atoms with E-state index in [2.05, 4.69) is 0 Å². The van der Waals surface area contributed by atoms with Crippen LogP contribution < -0.4 is 0 Å². The molecule has 0 unspecified atom stereocenters. The van der Waals surface area contributed by atoms with Crippen molar-refractivity contribution in [3.8, 4) is 0 Å². The second-order valence-electron chi connectivity index (χ2n) is 5.25. The fourth-order valence-electron chi connectivity index (χ4n) is 2.79. The van der Waals surface area contributed by atoms with E-state index in [1.165, 1.54) is 25.3 Å². The SMILES string of the molecule is CO[C@@H]1C(=O)N(Cc2ccccc2)[C@@H]1C1=CC(=O)C=CC1=O. The predicted molar refractivity (Wildman–Crippen MR) is 78.8 cm³/mol. The van der Waals surface area contributed by atoms with Gasteiger partial charge in [0, 0.05) is 19.2 Å². The van der Waals surface area contributed by atoms with Gasteiger partial charge in [0.15, 0.2) is 17.7 Å². The summed E-state index contributed by atoms with van der Waals surface area (Å²) in [5, 5.41) is 0. The summed E-state index contributed by atoms with van der Waals surface area (Å²) in [5.41, 5.74) is 1.27. The summed E-state index contributed by atoms with van der Waals surface area (Å²) < 4.78 is 5.20. The Morgan fingerprint density at radius 2 is 1.82 bits per heavy atom. The van der Waals surface area contributed by atoms with E-state index in [0.29, 0.717) is 12.1 Å². The zero-order valence-corrected chi connectivity index (χ0v) is 12.1. The molecule has 3 rings (SSSR count). The van der Waals surface area contributed by atoms with E-state index in [9.17, 15) is 14.4 Å². The van der Waals surface area contributed by atoms with Gasteiger partial charge < -0.3 is 9.64 Å². The van der Waals surface area contributed by atoms with Gasteiger partial charge in [-0.25, -0.2) is 0 Å². The number of amides is 1. The maximum Gasteiger partial charge on any atom is 0.255 e. The Morgan fingerprint density at radius 1 is 1.09 bits per heavy atom. The second kappa shape index (κ2) is 5.69. The largest absolute Gasteiger partial charge is 0.369 e. The van der Waals surface area contributed by atoms with Gasteiger partial charge in [0.05, 0.1) is 6.04 Å². The highest BCUT2D eigenvalue weighted by atomic mass is 16.5. The summed E-state index contributed by atoms with van der Waals surface area (Å²) in [7, 11) is 1.43. The van der Waals surface area contributed by atoms with Crippen LogP contribution in [-0.2, 0) is 25.7 Å². The molecule has 0 saturated carbocycles. The Hall–Kier alpha value is -2.53. The first-order valence-electron chi connectivity index (χ1n) is 6.97. The molecule has 1 aromatic rings. The van der Waals surface area contributed by atoms with Crippen molar-refractivity contribution in [1.29, 1.82) is 0 Å². The lowest BCUT2D eigenvalue weighted by molar-refractivity contribution is -0.168. The van der Waals surface area contributed by atoms with Gasteiger partial charge in [0.25, 0.3) is 5.91 Å². The van der Waals surface area contributed by atoms with Crippen molar-refractivity contribution < 1.29 is 19.1 Å². The van der Waals surface area contributed by atoms with Gasteiger partial charge in [-0.2, -0.15) is 0 Å². The average Bonchev–Trinajstić information content (AvgIpc) is 2.53. The second-order valence-corrected chi connectivity index (χ2v) is 5.25. The first-order chi connectivity index (χ1) is 10.6. The van der Waals surface area contributed by atoms with Gasteiger partial charge in [-0.3, -0.25) is 14.4 Å². The Kier molecular flexibility index (Phi) is 3.73. The monoisotopic (exact) mass is 297 g/mol. The number of carbonyl (C=O) groups excluding carboxylic acids is 3. The van der Waals surface area contributed by atoms with E-state index in [-0.39, 0.29) is 17.5 Å². The van der Waals surface area contributed by atoms with Crippen molar-refractivity contribution >= 4 is 17.5 Å². The fourth-order valence-corrected chi connectivity index (χ4v) is 2.79. The van der Waals surface area contributed by atoms with Gasteiger partial charge in [0.2, 0.25) is 0 Å². The number of rotatable bonds is 4. The number of hydrogen-bond donors (Lipinski definition) is 0. The van der Waals surface area contributed by atoms with Crippen molar-refractivity contribution in [2.24, 2.45) is 0 Å². The molecule has 1 heterocycles. The molecule has 22 heavy (non-hydrogen) atoms. The molecule has 1 aliphatic carbocycles. The highest BCUT2D eigenvalue weighted by molar-refractivity contribution is 6.19. The third-order valence-electron chi connectivity index (χ3n) is 3.90. The van der Waals surface area contributed by atoms with Gasteiger partial charge in [-0.1, -0.05) is 30.3 Å². The van der Waals surface area contributed by atoms with E-state index in [1.54, 1.807) is 4.90 Å². The lowest BCUT2D eigenvalue weighted by Crippen LogP contribution is -2.66. The molecule has 0 bridgehead atoms. The third kappa shape index (κ3) is 2.40. The number of nitrogens with zero attached hydrogens (tertiary/aromatic N) is 1. The van der Waals surface area contributed by atoms with Gasteiger partial charge in [-0.15, -0.1) is 0 Å². The highest BCUT2D eigenvalue weighted by Crippen LogP contribution is 2.32. The molecule has 0 N–H and O–H groups in total. The molecule has 112 valence electrons. The molecular formula is C17H15NO4. The van der Waals surface area contributed by atoms with E-state index in [4.69, 9.17) is 4.74 Å². The Labute approximate surface area is 127 Å². The number of β-lactam (4-membered cyclic amide) rings is 1. The highest BCUT2D eigenvalue weighted by Gasteiger charge is 2.50. The van der Waals surface area contributed by atoms with Crippen LogP contribution >= 0.6 is 0 Å². The first-order valence-corrected chi connectivity index (χ1v) is 6.97. The molecule has 5 heteroatoms. The Bertz CT molecular complexity index is 690. The van der Waals surface area contributed by atoms with Crippen LogP contribution in [0.5, 0.6) is 0 Å². The number of ketones is 2. The topological polar surface area (TPSA) is 63.7 Å². The summed E-state index contributed by atoms with van der Waals surface area (Å²) in [5.74, 6) is -0.673. The minimum atomic E-state index is -0.710. The lowest BCUT2D eigenvalue weighted by Gasteiger charge is -2.47. The number of ether oxygens (including phenoxy) is 1. The van der Waals surface area contributed by atoms with Crippen LogP contribution in [0.25, 0.3) is 0 Å². The number of likely N-dealkylation sites (tertiary alicyclic amines) is 1. The molecule has 1 aromatic carbocycles. The number of hydrogen-bond acceptors (Lipinski definition) is 4. The minimum Gasteiger partial charge on any atom is -0.369 e. The molecule has 1 aliphatic heterocycles. The smallest absolute Gasteiger partial charge is 0.255 e.